The molecular formula is C28H29N5O4. The summed E-state index contributed by atoms with van der Waals surface area (Å²) >= 11 is 0. The van der Waals surface area contributed by atoms with Crippen LogP contribution in [0.2, 0.25) is 0 Å². The molecular weight excluding hydrogens is 470 g/mol. The summed E-state index contributed by atoms with van der Waals surface area (Å²) < 4.78 is 6.09. The van der Waals surface area contributed by atoms with Gasteiger partial charge in [-0.1, -0.05) is 12.1 Å². The maximum Gasteiger partial charge on any atom is 0.225 e. The number of para-hydroxylation sites is 2. The average Bonchev–Trinajstić information content (AvgIpc) is 3.52. The van der Waals surface area contributed by atoms with Gasteiger partial charge in [-0.2, -0.15) is 0 Å². The van der Waals surface area contributed by atoms with Crippen LogP contribution in [-0.2, 0) is 4.79 Å². The first-order valence-corrected chi connectivity index (χ1v) is 12.7. The van der Waals surface area contributed by atoms with Crippen molar-refractivity contribution < 1.29 is 19.7 Å². The quantitative estimate of drug-likeness (QED) is 0.385. The minimum atomic E-state index is -0.845. The second-order valence-electron chi connectivity index (χ2n) is 9.89. The Balaban J connectivity index is 1.04. The molecule has 0 radical (unpaired) electrons. The zero-order valence-corrected chi connectivity index (χ0v) is 20.3. The van der Waals surface area contributed by atoms with Crippen LogP contribution in [0.25, 0.3) is 33.7 Å². The van der Waals surface area contributed by atoms with Crippen LogP contribution < -0.4 is 4.74 Å². The summed E-state index contributed by atoms with van der Waals surface area (Å²) in [5.74, 6) is 1.29. The molecule has 9 nitrogen and oxygen atoms in total. The van der Waals surface area contributed by atoms with Crippen LogP contribution in [-0.4, -0.2) is 72.4 Å². The number of nitrogens with zero attached hydrogens (tertiary/aromatic N) is 4. The van der Waals surface area contributed by atoms with Crippen molar-refractivity contribution in [3.63, 3.8) is 0 Å². The zero-order valence-electron chi connectivity index (χ0n) is 20.3. The number of aliphatic hydroxyl groups excluding tert-OH is 2. The molecule has 4 heterocycles. The summed E-state index contributed by atoms with van der Waals surface area (Å²) in [5, 5.41) is 19.4. The van der Waals surface area contributed by atoms with Crippen molar-refractivity contribution in [2.45, 2.75) is 44.0 Å². The Kier molecular flexibility index (Phi) is 6.31. The van der Waals surface area contributed by atoms with Crippen molar-refractivity contribution >= 4 is 16.9 Å². The molecule has 1 amide bonds. The number of amides is 1. The first-order valence-electron chi connectivity index (χ1n) is 12.7. The maximum atomic E-state index is 12.7. The highest BCUT2D eigenvalue weighted by molar-refractivity contribution is 5.80. The van der Waals surface area contributed by atoms with Gasteiger partial charge in [0.25, 0.3) is 0 Å². The number of carbonyl (C=O) groups is 1. The largest absolute Gasteiger partial charge is 0.474 e. The lowest BCUT2D eigenvalue weighted by Crippen LogP contribution is -2.38. The summed E-state index contributed by atoms with van der Waals surface area (Å²) in [6.45, 7) is 0.425. The third-order valence-corrected chi connectivity index (χ3v) is 7.34. The summed E-state index contributed by atoms with van der Waals surface area (Å²) in [6.07, 6.45) is 4.88. The number of hydrogen-bond donors (Lipinski definition) is 3. The van der Waals surface area contributed by atoms with Crippen LogP contribution in [0, 0.1) is 5.92 Å². The molecule has 4 aromatic rings. The lowest BCUT2D eigenvalue weighted by atomic mass is 9.86. The molecule has 0 spiro atoms. The topological polar surface area (TPSA) is 124 Å². The smallest absolute Gasteiger partial charge is 0.225 e. The Morgan fingerprint density at radius 3 is 2.30 bits per heavy atom. The van der Waals surface area contributed by atoms with Crippen molar-refractivity contribution in [1.29, 1.82) is 0 Å². The van der Waals surface area contributed by atoms with E-state index in [0.29, 0.717) is 5.88 Å². The number of aromatic nitrogens is 4. The highest BCUT2D eigenvalue weighted by Gasteiger charge is 2.37. The Bertz CT molecular complexity index is 1340. The number of fused-ring (bicyclic) bond motifs is 1. The van der Waals surface area contributed by atoms with Gasteiger partial charge < -0.3 is 24.8 Å². The van der Waals surface area contributed by atoms with Crippen LogP contribution in [0.15, 0.2) is 60.9 Å². The van der Waals surface area contributed by atoms with Crippen LogP contribution in [0.3, 0.4) is 0 Å². The Morgan fingerprint density at radius 1 is 0.892 bits per heavy atom. The fraction of sp³-hybridized carbons (Fsp3) is 0.357. The van der Waals surface area contributed by atoms with E-state index in [9.17, 15) is 15.0 Å². The molecule has 1 aromatic carbocycles. The van der Waals surface area contributed by atoms with E-state index < -0.39 is 12.2 Å². The third-order valence-electron chi connectivity index (χ3n) is 7.34. The maximum absolute atomic E-state index is 12.7. The number of aromatic amines is 1. The molecule has 1 aliphatic heterocycles. The molecule has 0 unspecified atom stereocenters. The van der Waals surface area contributed by atoms with Gasteiger partial charge in [-0.25, -0.2) is 9.97 Å². The van der Waals surface area contributed by atoms with E-state index in [4.69, 9.17) is 4.74 Å². The van der Waals surface area contributed by atoms with E-state index in [1.165, 1.54) is 0 Å². The summed E-state index contributed by atoms with van der Waals surface area (Å²) in [6, 6.07) is 15.7. The van der Waals surface area contributed by atoms with E-state index in [1.807, 2.05) is 48.5 Å². The Hall–Kier alpha value is -3.82. The van der Waals surface area contributed by atoms with Crippen LogP contribution in [0.4, 0.5) is 0 Å². The van der Waals surface area contributed by atoms with Gasteiger partial charge in [0.05, 0.1) is 28.9 Å². The van der Waals surface area contributed by atoms with Crippen LogP contribution in [0.5, 0.6) is 5.88 Å². The van der Waals surface area contributed by atoms with Gasteiger partial charge in [0.15, 0.2) is 0 Å². The minimum absolute atomic E-state index is 0.0124. The van der Waals surface area contributed by atoms with Crippen molar-refractivity contribution in [3.05, 3.63) is 60.9 Å². The molecule has 6 rings (SSSR count). The fourth-order valence-corrected chi connectivity index (χ4v) is 5.20. The molecule has 3 N–H and O–H groups in total. The molecule has 37 heavy (non-hydrogen) atoms. The van der Waals surface area contributed by atoms with Gasteiger partial charge in [0, 0.05) is 48.6 Å². The van der Waals surface area contributed by atoms with Crippen LogP contribution >= 0.6 is 0 Å². The second-order valence-corrected chi connectivity index (χ2v) is 9.89. The van der Waals surface area contributed by atoms with Crippen molar-refractivity contribution in [1.82, 2.24) is 24.8 Å². The number of imidazole rings is 1. The van der Waals surface area contributed by atoms with Gasteiger partial charge in [-0.15, -0.1) is 0 Å². The summed E-state index contributed by atoms with van der Waals surface area (Å²) in [7, 11) is 0. The number of benzene rings is 1. The zero-order chi connectivity index (χ0) is 25.4. The number of nitrogens with one attached hydrogen (secondary N) is 1. The van der Waals surface area contributed by atoms with Crippen molar-refractivity contribution in [2.75, 3.05) is 13.1 Å². The van der Waals surface area contributed by atoms with Gasteiger partial charge in [0.1, 0.15) is 11.9 Å². The van der Waals surface area contributed by atoms with Gasteiger partial charge in [-0.05, 0) is 56.0 Å². The van der Waals surface area contributed by atoms with E-state index in [2.05, 4.69) is 19.9 Å². The first-order chi connectivity index (χ1) is 18.0. The number of β-amino-alcohol motifs (C(OH)–C–C–N with tert-alkyl or cyclic N) is 2. The number of H-pyrrole nitrogens is 1. The second kappa shape index (κ2) is 9.91. The highest BCUT2D eigenvalue weighted by atomic mass is 16.5. The molecule has 2 aliphatic rings. The molecule has 2 fully saturated rings. The lowest BCUT2D eigenvalue weighted by Gasteiger charge is -2.30. The van der Waals surface area contributed by atoms with Crippen molar-refractivity contribution in [3.8, 4) is 28.5 Å². The van der Waals surface area contributed by atoms with Crippen molar-refractivity contribution in [2.24, 2.45) is 5.92 Å². The minimum Gasteiger partial charge on any atom is -0.474 e. The molecule has 2 atom stereocenters. The van der Waals surface area contributed by atoms with E-state index in [1.54, 1.807) is 17.3 Å². The molecule has 1 saturated carbocycles. The summed E-state index contributed by atoms with van der Waals surface area (Å²) in [5.41, 5.74) is 4.54. The monoisotopic (exact) mass is 499 g/mol. The molecule has 1 aliphatic carbocycles. The lowest BCUT2D eigenvalue weighted by molar-refractivity contribution is -0.136. The average molecular weight is 500 g/mol. The number of aliphatic hydroxyl groups is 2. The number of ether oxygens (including phenoxy) is 1. The fourth-order valence-electron chi connectivity index (χ4n) is 5.20. The number of hydrogen-bond acceptors (Lipinski definition) is 7. The Labute approximate surface area is 214 Å². The predicted octanol–water partition coefficient (Wildman–Crippen LogP) is 3.19. The van der Waals surface area contributed by atoms with Gasteiger partial charge in [-0.3, -0.25) is 9.78 Å². The normalized spacial score (nSPS) is 23.9. The number of pyridine rings is 2. The van der Waals surface area contributed by atoms with E-state index >= 15 is 0 Å². The molecule has 9 heteroatoms. The van der Waals surface area contributed by atoms with Crippen LogP contribution in [0.1, 0.15) is 25.7 Å². The van der Waals surface area contributed by atoms with Gasteiger partial charge >= 0.3 is 0 Å². The molecule has 3 aromatic heterocycles. The Morgan fingerprint density at radius 2 is 1.62 bits per heavy atom. The third kappa shape index (κ3) is 4.92. The standard InChI is InChI=1S/C28H29N5O4/c34-24-15-33(16-25(24)35)28(36)17-5-9-20(10-6-17)37-26-12-8-18(13-30-26)21-11-7-19(14-29-21)27-31-22-3-1-2-4-23(22)32-27/h1-4,7-8,11-14,17,20,24-25,34-35H,5-6,9-10,15-16H2,(H,31,32)/t17?,20?,24-,25+. The highest BCUT2D eigenvalue weighted by Crippen LogP contribution is 2.30. The summed E-state index contributed by atoms with van der Waals surface area (Å²) in [4.78, 5) is 31.3. The number of likely N-dealkylation sites (tertiary alicyclic amines) is 1. The molecule has 190 valence electrons. The number of carbonyl (C=O) groups excluding carboxylic acids is 1. The molecule has 1 saturated heterocycles. The van der Waals surface area contributed by atoms with E-state index in [-0.39, 0.29) is 31.0 Å². The molecule has 0 bridgehead atoms. The van der Waals surface area contributed by atoms with E-state index in [0.717, 1.165) is 59.4 Å². The SMILES string of the molecule is O=C(C1CCC(Oc2ccc(-c3ccc(-c4nc5ccccc5[nH]4)cn3)cn2)CC1)N1C[C@@H](O)[C@@H](O)C1. The van der Waals surface area contributed by atoms with Gasteiger partial charge in [0.2, 0.25) is 11.8 Å². The number of rotatable bonds is 5. The first kappa shape index (κ1) is 23.6. The predicted molar refractivity (Wildman–Crippen MR) is 138 cm³/mol.